The Labute approximate surface area is 596 Å². The Morgan fingerprint density at radius 1 is 0.260 bits per heavy atom. The van der Waals surface area contributed by atoms with Crippen LogP contribution in [0.5, 0.6) is 0 Å². The van der Waals surface area contributed by atoms with Crippen molar-refractivity contribution < 1.29 is 0 Å². The molecule has 17 rings (SSSR count). The van der Waals surface area contributed by atoms with E-state index in [4.69, 9.17) is 43.0 Å². The molecule has 0 fully saturated rings. The van der Waals surface area contributed by atoms with Crippen LogP contribution in [0.3, 0.4) is 0 Å². The average Bonchev–Trinajstić information content (AvgIpc) is 1.57. The Kier molecular flexibility index (Phi) is 15.5. The van der Waals surface area contributed by atoms with E-state index >= 15 is 0 Å². The zero-order valence-electron chi connectivity index (χ0n) is 55.0. The van der Waals surface area contributed by atoms with E-state index in [1.807, 2.05) is 182 Å². The van der Waals surface area contributed by atoms with E-state index in [1.165, 1.54) is 24.3 Å². The number of hydrogen-bond acceptors (Lipinski definition) is 10. The lowest BCUT2D eigenvalue weighted by atomic mass is 9.94. The van der Waals surface area contributed by atoms with Gasteiger partial charge in [0.15, 0.2) is 46.3 Å². The van der Waals surface area contributed by atoms with Gasteiger partial charge in [-0.1, -0.05) is 188 Å². The Morgan fingerprint density at radius 3 is 0.923 bits per heavy atom. The van der Waals surface area contributed by atoms with Crippen molar-refractivity contribution >= 4 is 55.0 Å². The molecule has 0 saturated carbocycles. The molecule has 0 saturated heterocycles. The third-order valence-electron chi connectivity index (χ3n) is 18.8. The van der Waals surface area contributed by atoms with Crippen LogP contribution in [0.15, 0.2) is 291 Å². The third-order valence-corrected chi connectivity index (χ3v) is 18.8. The molecule has 0 bridgehead atoms. The monoisotopic (exact) mass is 1320 g/mol. The first-order valence-corrected chi connectivity index (χ1v) is 33.2. The molecule has 4 heterocycles. The van der Waals surface area contributed by atoms with Crippen LogP contribution in [0.1, 0.15) is 22.3 Å². The molecule has 0 N–H and O–H groups in total. The molecule has 14 heteroatoms. The van der Waals surface area contributed by atoms with E-state index < -0.39 is 0 Å². The van der Waals surface area contributed by atoms with Crippen LogP contribution in [-0.4, -0.2) is 39.0 Å². The standard InChI is InChI=1S/C90H48N14/c1-95-75-44-55(51-91)42-67(53-93)83(75)63-34-38-81-73(47-63)69-30-15-17-32-77(69)103(81)79-40-36-65(89-99-85(57-20-7-3-8-21-57)97-86(100-89)58-22-9-4-10-23-58)49-71(79)61-28-19-29-62(46-61)72-50-66(90-101-87(59-24-11-5-12-25-59)98-88(102-90)60-26-13-6-14-27-60)37-41-80(72)104-78-33-18-16-31-70(78)74-48-64(35-39-82(74)104)84-68(54-94)43-56(52-92)45-76(84)96-2/h3-50H. The molecular formula is C90H48N14. The quantitative estimate of drug-likeness (QED) is 0.106. The van der Waals surface area contributed by atoms with Crippen molar-refractivity contribution in [3.05, 3.63) is 336 Å². The summed E-state index contributed by atoms with van der Waals surface area (Å²) in [6.45, 7) is 16.4. The van der Waals surface area contributed by atoms with Gasteiger partial charge in [-0.15, -0.1) is 0 Å². The maximum absolute atomic E-state index is 10.5. The lowest BCUT2D eigenvalue weighted by Crippen LogP contribution is -2.02. The molecule has 0 aliphatic heterocycles. The third kappa shape index (κ3) is 10.9. The average molecular weight is 1330 g/mol. The van der Waals surface area contributed by atoms with E-state index in [0.717, 1.165) is 111 Å². The fourth-order valence-electron chi connectivity index (χ4n) is 14.1. The van der Waals surface area contributed by atoms with Crippen molar-refractivity contribution in [3.8, 4) is 148 Å². The van der Waals surface area contributed by atoms with Crippen LogP contribution in [0.25, 0.3) is 178 Å². The molecule has 0 radical (unpaired) electrons. The van der Waals surface area contributed by atoms with Crippen LogP contribution in [0.4, 0.5) is 11.4 Å². The minimum Gasteiger partial charge on any atom is -0.309 e. The molecular weight excluding hydrogens is 1280 g/mol. The number of fused-ring (bicyclic) bond motifs is 6. The number of nitrogens with zero attached hydrogens (tertiary/aromatic N) is 14. The highest BCUT2D eigenvalue weighted by molar-refractivity contribution is 6.13. The van der Waals surface area contributed by atoms with Crippen LogP contribution < -0.4 is 0 Å². The molecule has 0 aliphatic rings. The van der Waals surface area contributed by atoms with Gasteiger partial charge in [-0.3, -0.25) is 0 Å². The Bertz CT molecular complexity index is 6090. The second-order valence-corrected chi connectivity index (χ2v) is 24.8. The fraction of sp³-hybridized carbons (Fsp3) is 0. The number of aromatic nitrogens is 8. The van der Waals surface area contributed by atoms with Crippen LogP contribution >= 0.6 is 0 Å². The molecule has 13 aromatic carbocycles. The predicted molar refractivity (Wildman–Crippen MR) is 408 cm³/mol. The van der Waals surface area contributed by atoms with Gasteiger partial charge in [0.05, 0.1) is 82.0 Å². The van der Waals surface area contributed by atoms with Crippen molar-refractivity contribution in [1.29, 1.82) is 21.0 Å². The molecule has 0 amide bonds. The van der Waals surface area contributed by atoms with Crippen molar-refractivity contribution in [1.82, 2.24) is 39.0 Å². The summed E-state index contributed by atoms with van der Waals surface area (Å²) in [5.74, 6) is 2.96. The minimum atomic E-state index is 0.208. The van der Waals surface area contributed by atoms with Crippen LogP contribution in [-0.2, 0) is 0 Å². The molecule has 0 aliphatic carbocycles. The SMILES string of the molecule is [C-]#[N+]c1cc(C#N)cc(C#N)c1-c1ccc2c(c1)c1ccccc1n2-c1ccc(-c2nc(-c3ccccc3)nc(-c3ccccc3)n2)cc1-c1cccc(-c2cc(-c3nc(-c4ccccc4)nc(-c4ccccc4)n3)ccc2-n2c3ccccc3c3cc(-c4c(C#N)cc(C#N)cc4[N+]#[C-])ccc32)c1. The van der Waals surface area contributed by atoms with Gasteiger partial charge in [-0.05, 0) is 125 Å². The van der Waals surface area contributed by atoms with Gasteiger partial charge in [0.25, 0.3) is 0 Å². The smallest absolute Gasteiger partial charge is 0.197 e. The zero-order valence-corrected chi connectivity index (χ0v) is 55.0. The van der Waals surface area contributed by atoms with Crippen LogP contribution in [0.2, 0.25) is 0 Å². The molecule has 478 valence electrons. The topological polar surface area (TPSA) is 191 Å². The van der Waals surface area contributed by atoms with E-state index in [-0.39, 0.29) is 33.6 Å². The maximum Gasteiger partial charge on any atom is 0.197 e. The van der Waals surface area contributed by atoms with Gasteiger partial charge in [-0.25, -0.2) is 39.6 Å². The zero-order chi connectivity index (χ0) is 70.4. The fourth-order valence-corrected chi connectivity index (χ4v) is 14.1. The highest BCUT2D eigenvalue weighted by atomic mass is 15.1. The number of hydrogen-bond donors (Lipinski definition) is 0. The minimum absolute atomic E-state index is 0.208. The molecule has 17 aromatic rings. The van der Waals surface area contributed by atoms with Crippen molar-refractivity contribution in [2.75, 3.05) is 0 Å². The molecule has 14 nitrogen and oxygen atoms in total. The Morgan fingerprint density at radius 2 is 0.577 bits per heavy atom. The lowest BCUT2D eigenvalue weighted by Gasteiger charge is -2.19. The van der Waals surface area contributed by atoms with Crippen molar-refractivity contribution in [2.45, 2.75) is 0 Å². The van der Waals surface area contributed by atoms with Gasteiger partial charge >= 0.3 is 0 Å². The van der Waals surface area contributed by atoms with Crippen molar-refractivity contribution in [3.63, 3.8) is 0 Å². The first-order valence-electron chi connectivity index (χ1n) is 33.2. The summed E-state index contributed by atoms with van der Waals surface area (Å²) in [5, 5.41) is 44.5. The summed E-state index contributed by atoms with van der Waals surface area (Å²) >= 11 is 0. The molecule has 4 aromatic heterocycles. The van der Waals surface area contributed by atoms with E-state index in [0.29, 0.717) is 57.2 Å². The van der Waals surface area contributed by atoms with E-state index in [2.05, 4.69) is 128 Å². The second kappa shape index (κ2) is 26.0. The summed E-state index contributed by atoms with van der Waals surface area (Å²) in [6.07, 6.45) is 0. The highest BCUT2D eigenvalue weighted by Crippen LogP contribution is 2.46. The van der Waals surface area contributed by atoms with Crippen molar-refractivity contribution in [2.24, 2.45) is 0 Å². The van der Waals surface area contributed by atoms with E-state index in [1.54, 1.807) is 0 Å². The first kappa shape index (κ1) is 62.0. The van der Waals surface area contributed by atoms with Gasteiger partial charge in [-0.2, -0.15) is 21.0 Å². The number of nitriles is 4. The van der Waals surface area contributed by atoms with E-state index in [9.17, 15) is 21.0 Å². The summed E-state index contributed by atoms with van der Waals surface area (Å²) in [5.41, 5.74) is 16.8. The summed E-state index contributed by atoms with van der Waals surface area (Å²) < 4.78 is 4.51. The summed E-state index contributed by atoms with van der Waals surface area (Å²) in [4.78, 5) is 38.8. The number of rotatable bonds is 12. The van der Waals surface area contributed by atoms with Gasteiger partial charge in [0, 0.05) is 88.3 Å². The van der Waals surface area contributed by atoms with Gasteiger partial charge < -0.3 is 9.13 Å². The van der Waals surface area contributed by atoms with Gasteiger partial charge in [0.1, 0.15) is 0 Å². The van der Waals surface area contributed by atoms with Gasteiger partial charge in [0.2, 0.25) is 0 Å². The summed E-state index contributed by atoms with van der Waals surface area (Å²) in [7, 11) is 0. The predicted octanol–water partition coefficient (Wildman–Crippen LogP) is 21.5. The highest BCUT2D eigenvalue weighted by Gasteiger charge is 2.25. The molecule has 104 heavy (non-hydrogen) atoms. The Balaban J connectivity index is 0.925. The van der Waals surface area contributed by atoms with Crippen LogP contribution in [0, 0.1) is 58.5 Å². The number of para-hydroxylation sites is 2. The molecule has 0 atom stereocenters. The maximum atomic E-state index is 10.5. The normalized spacial score (nSPS) is 11.0. The second-order valence-electron chi connectivity index (χ2n) is 24.8. The number of benzene rings is 13. The summed E-state index contributed by atoms with van der Waals surface area (Å²) in [6, 6.07) is 104. The molecule has 0 spiro atoms. The Hall–Kier alpha value is -15.6. The first-order chi connectivity index (χ1) is 51.3. The molecule has 0 unspecified atom stereocenters. The largest absolute Gasteiger partial charge is 0.309 e. The lowest BCUT2D eigenvalue weighted by molar-refractivity contribution is 1.07.